The van der Waals surface area contributed by atoms with Gasteiger partial charge in [-0.2, -0.15) is 0 Å². The second-order valence-electron chi connectivity index (χ2n) is 4.34. The molecule has 0 saturated carbocycles. The van der Waals surface area contributed by atoms with E-state index in [0.717, 1.165) is 0 Å². The Morgan fingerprint density at radius 3 is 2.67 bits per heavy atom. The fourth-order valence-electron chi connectivity index (χ4n) is 1.95. The molecule has 0 aliphatic carbocycles. The highest BCUT2D eigenvalue weighted by atomic mass is 16.5. The van der Waals surface area contributed by atoms with Gasteiger partial charge in [-0.05, 0) is 6.92 Å². The van der Waals surface area contributed by atoms with Crippen molar-refractivity contribution in [2.24, 2.45) is 0 Å². The summed E-state index contributed by atoms with van der Waals surface area (Å²) in [6.45, 7) is 1.27. The van der Waals surface area contributed by atoms with E-state index >= 15 is 0 Å². The fourth-order valence-corrected chi connectivity index (χ4v) is 1.95. The minimum absolute atomic E-state index is 0.159. The van der Waals surface area contributed by atoms with Gasteiger partial charge >= 0.3 is 0 Å². The number of aliphatic hydroxyl groups excluding tert-OH is 3. The molecule has 102 valence electrons. The van der Waals surface area contributed by atoms with Gasteiger partial charge in [0.25, 0.3) is 0 Å². The van der Waals surface area contributed by atoms with Crippen molar-refractivity contribution in [3.63, 3.8) is 0 Å². The van der Waals surface area contributed by atoms with Crippen molar-refractivity contribution in [3.05, 3.63) is 0 Å². The number of terminal acetylenes is 1. The summed E-state index contributed by atoms with van der Waals surface area (Å²) in [5, 5.41) is 31.1. The van der Waals surface area contributed by atoms with Gasteiger partial charge in [0.05, 0.1) is 18.8 Å². The van der Waals surface area contributed by atoms with Crippen LogP contribution in [0.4, 0.5) is 0 Å². The Kier molecular flexibility index (Phi) is 5.56. The molecule has 6 heteroatoms. The first kappa shape index (κ1) is 14.9. The number of carbonyl (C=O) groups is 1. The standard InChI is InChI=1S/C12H19NO5/c1-3-4-5-9(15)13-10-7(2)18-8(6-14)11(16)12(10)17/h1,7-8,10-12,14,16-17H,4-6H2,2H3,(H,13,15)/t7?,8-,10+,11-,12-/m1/s1. The van der Waals surface area contributed by atoms with E-state index in [1.807, 2.05) is 0 Å². The van der Waals surface area contributed by atoms with Crippen LogP contribution in [-0.2, 0) is 9.53 Å². The van der Waals surface area contributed by atoms with Crippen molar-refractivity contribution in [1.82, 2.24) is 5.32 Å². The summed E-state index contributed by atoms with van der Waals surface area (Å²) in [7, 11) is 0. The second-order valence-corrected chi connectivity index (χ2v) is 4.34. The molecule has 1 unspecified atom stereocenters. The minimum Gasteiger partial charge on any atom is -0.394 e. The lowest BCUT2D eigenvalue weighted by atomic mass is 9.93. The quantitative estimate of drug-likeness (QED) is 0.454. The fraction of sp³-hybridized carbons (Fsp3) is 0.750. The van der Waals surface area contributed by atoms with E-state index in [0.29, 0.717) is 6.42 Å². The Balaban J connectivity index is 2.60. The molecule has 18 heavy (non-hydrogen) atoms. The molecule has 0 aromatic rings. The predicted molar refractivity (Wildman–Crippen MR) is 63.4 cm³/mol. The van der Waals surface area contributed by atoms with Crippen LogP contribution in [0.25, 0.3) is 0 Å². The lowest BCUT2D eigenvalue weighted by Crippen LogP contribution is -2.63. The van der Waals surface area contributed by atoms with Crippen molar-refractivity contribution in [1.29, 1.82) is 0 Å². The molecule has 0 aromatic carbocycles. The maximum Gasteiger partial charge on any atom is 0.221 e. The number of rotatable bonds is 4. The summed E-state index contributed by atoms with van der Waals surface area (Å²) in [6, 6.07) is -0.715. The third kappa shape index (κ3) is 3.43. The number of aliphatic hydroxyl groups is 3. The molecule has 1 heterocycles. The van der Waals surface area contributed by atoms with Gasteiger partial charge in [0, 0.05) is 12.8 Å². The first-order chi connectivity index (χ1) is 8.51. The van der Waals surface area contributed by atoms with E-state index in [2.05, 4.69) is 11.2 Å². The number of ether oxygens (including phenoxy) is 1. The van der Waals surface area contributed by atoms with Gasteiger partial charge in [-0.3, -0.25) is 4.79 Å². The van der Waals surface area contributed by atoms with Crippen LogP contribution in [0.3, 0.4) is 0 Å². The van der Waals surface area contributed by atoms with E-state index in [1.165, 1.54) is 0 Å². The van der Waals surface area contributed by atoms with Gasteiger partial charge in [0.1, 0.15) is 18.3 Å². The molecule has 0 spiro atoms. The van der Waals surface area contributed by atoms with Crippen molar-refractivity contribution in [2.75, 3.05) is 6.61 Å². The summed E-state index contributed by atoms with van der Waals surface area (Å²) < 4.78 is 5.32. The Morgan fingerprint density at radius 2 is 2.11 bits per heavy atom. The lowest BCUT2D eigenvalue weighted by Gasteiger charge is -2.41. The van der Waals surface area contributed by atoms with Gasteiger partial charge in [-0.15, -0.1) is 12.3 Å². The van der Waals surface area contributed by atoms with Crippen LogP contribution in [0.15, 0.2) is 0 Å². The van der Waals surface area contributed by atoms with Gasteiger partial charge < -0.3 is 25.4 Å². The Hall–Kier alpha value is -1.13. The van der Waals surface area contributed by atoms with E-state index in [9.17, 15) is 15.0 Å². The van der Waals surface area contributed by atoms with Crippen LogP contribution < -0.4 is 5.32 Å². The first-order valence-corrected chi connectivity index (χ1v) is 5.86. The zero-order valence-electron chi connectivity index (χ0n) is 10.2. The Morgan fingerprint density at radius 1 is 1.44 bits per heavy atom. The summed E-state index contributed by atoms with van der Waals surface area (Å²) in [5.74, 6) is 2.04. The third-order valence-corrected chi connectivity index (χ3v) is 3.00. The van der Waals surface area contributed by atoms with Crippen LogP contribution in [0.5, 0.6) is 0 Å². The molecule has 4 N–H and O–H groups in total. The average molecular weight is 257 g/mol. The molecule has 1 fully saturated rings. The van der Waals surface area contributed by atoms with Gasteiger partial charge in [0.15, 0.2) is 0 Å². The number of amides is 1. The zero-order valence-corrected chi connectivity index (χ0v) is 10.2. The molecule has 6 nitrogen and oxygen atoms in total. The monoisotopic (exact) mass is 257 g/mol. The number of hydrogen-bond donors (Lipinski definition) is 4. The molecule has 1 amide bonds. The van der Waals surface area contributed by atoms with Crippen LogP contribution in [-0.4, -0.2) is 58.3 Å². The maximum absolute atomic E-state index is 11.5. The third-order valence-electron chi connectivity index (χ3n) is 3.00. The lowest BCUT2D eigenvalue weighted by molar-refractivity contribution is -0.190. The summed E-state index contributed by atoms with van der Waals surface area (Å²) in [5.41, 5.74) is 0. The average Bonchev–Trinajstić information content (AvgIpc) is 2.36. The minimum atomic E-state index is -1.23. The van der Waals surface area contributed by atoms with Gasteiger partial charge in [0.2, 0.25) is 5.91 Å². The highest BCUT2D eigenvalue weighted by molar-refractivity contribution is 5.76. The van der Waals surface area contributed by atoms with Crippen molar-refractivity contribution >= 4 is 5.91 Å². The second kappa shape index (κ2) is 6.71. The predicted octanol–water partition coefficient (Wildman–Crippen LogP) is -1.61. The maximum atomic E-state index is 11.5. The molecule has 0 aromatic heterocycles. The zero-order chi connectivity index (χ0) is 13.7. The Bertz CT molecular complexity index is 327. The van der Waals surface area contributed by atoms with Crippen LogP contribution in [0.2, 0.25) is 0 Å². The molecule has 1 aliphatic heterocycles. The number of hydrogen-bond acceptors (Lipinski definition) is 5. The SMILES string of the molecule is C#CCCC(=O)N[C@H]1C(C)O[C@H](CO)[C@@H](O)[C@@H]1O. The first-order valence-electron chi connectivity index (χ1n) is 5.86. The Labute approximate surface area is 106 Å². The van der Waals surface area contributed by atoms with Crippen molar-refractivity contribution in [2.45, 2.75) is 50.2 Å². The van der Waals surface area contributed by atoms with E-state index in [4.69, 9.17) is 16.3 Å². The molecule has 1 saturated heterocycles. The van der Waals surface area contributed by atoms with Gasteiger partial charge in [-0.1, -0.05) is 0 Å². The van der Waals surface area contributed by atoms with Crippen molar-refractivity contribution in [3.8, 4) is 12.3 Å². The van der Waals surface area contributed by atoms with E-state index in [-0.39, 0.29) is 18.9 Å². The smallest absolute Gasteiger partial charge is 0.221 e. The molecule has 1 aliphatic rings. The molecule has 0 bridgehead atoms. The summed E-state index contributed by atoms with van der Waals surface area (Å²) >= 11 is 0. The van der Waals surface area contributed by atoms with E-state index < -0.39 is 30.5 Å². The molecule has 0 radical (unpaired) electrons. The molecule has 5 atom stereocenters. The van der Waals surface area contributed by atoms with Crippen molar-refractivity contribution < 1.29 is 24.9 Å². The van der Waals surface area contributed by atoms with Crippen LogP contribution >= 0.6 is 0 Å². The molecule has 1 rings (SSSR count). The number of nitrogens with one attached hydrogen (secondary N) is 1. The largest absolute Gasteiger partial charge is 0.394 e. The summed E-state index contributed by atoms with van der Waals surface area (Å²) in [4.78, 5) is 11.5. The normalized spacial score (nSPS) is 35.8. The highest BCUT2D eigenvalue weighted by Crippen LogP contribution is 2.20. The summed E-state index contributed by atoms with van der Waals surface area (Å²) in [6.07, 6.45) is 1.77. The molecular formula is C12H19NO5. The van der Waals surface area contributed by atoms with Crippen LogP contribution in [0, 0.1) is 12.3 Å². The topological polar surface area (TPSA) is 99.0 Å². The van der Waals surface area contributed by atoms with Crippen LogP contribution in [0.1, 0.15) is 19.8 Å². The molecular weight excluding hydrogens is 238 g/mol. The van der Waals surface area contributed by atoms with Gasteiger partial charge in [-0.25, -0.2) is 0 Å². The van der Waals surface area contributed by atoms with E-state index in [1.54, 1.807) is 6.92 Å². The highest BCUT2D eigenvalue weighted by Gasteiger charge is 2.42. The number of carbonyl (C=O) groups excluding carboxylic acids is 1.